The molecule has 1 amide bonds. The largest absolute Gasteiger partial charge is 0.396 e. The van der Waals surface area contributed by atoms with E-state index in [2.05, 4.69) is 10.4 Å². The number of rotatable bonds is 5. The third-order valence-corrected chi connectivity index (χ3v) is 2.78. The van der Waals surface area contributed by atoms with Crippen molar-refractivity contribution in [3.63, 3.8) is 0 Å². The number of nitrogens with zero attached hydrogens (tertiary/aromatic N) is 2. The highest BCUT2D eigenvalue weighted by molar-refractivity contribution is 6.31. The minimum absolute atomic E-state index is 0.00498. The van der Waals surface area contributed by atoms with Crippen molar-refractivity contribution >= 4 is 23.2 Å². The Bertz CT molecular complexity index is 555. The fraction of sp³-hybridized carbons (Fsp3) is 0.231. The molecule has 6 heteroatoms. The lowest BCUT2D eigenvalue weighted by atomic mass is 10.2. The Morgan fingerprint density at radius 1 is 1.47 bits per heavy atom. The summed E-state index contributed by atoms with van der Waals surface area (Å²) in [4.78, 5) is 11.7. The van der Waals surface area contributed by atoms with E-state index in [1.807, 2.05) is 0 Å². The number of amides is 1. The second kappa shape index (κ2) is 6.36. The molecule has 100 valence electrons. The molecule has 1 aromatic heterocycles. The second-order valence-electron chi connectivity index (χ2n) is 3.99. The van der Waals surface area contributed by atoms with Crippen LogP contribution in [0.5, 0.6) is 0 Å². The van der Waals surface area contributed by atoms with E-state index in [0.29, 0.717) is 17.1 Å². The molecular weight excluding hydrogens is 266 g/mol. The van der Waals surface area contributed by atoms with Gasteiger partial charge in [-0.05, 0) is 30.7 Å². The molecule has 0 radical (unpaired) electrons. The van der Waals surface area contributed by atoms with Gasteiger partial charge in [-0.2, -0.15) is 5.10 Å². The standard InChI is InChI=1S/C13H14ClN3O2/c14-10-4-5-12(17-7-2-6-15-17)11(9-10)16-13(19)3-1-8-18/h2,4-7,9,18H,1,3,8H2,(H,16,19). The molecule has 5 nitrogen and oxygen atoms in total. The quantitative estimate of drug-likeness (QED) is 0.882. The molecule has 0 aliphatic carbocycles. The molecule has 0 aliphatic rings. The van der Waals surface area contributed by atoms with Crippen LogP contribution in [0, 0.1) is 0 Å². The number of benzene rings is 1. The van der Waals surface area contributed by atoms with Crippen LogP contribution >= 0.6 is 11.6 Å². The van der Waals surface area contributed by atoms with Crippen LogP contribution in [0.4, 0.5) is 5.69 Å². The maximum absolute atomic E-state index is 11.7. The first-order valence-electron chi connectivity index (χ1n) is 5.91. The Morgan fingerprint density at radius 2 is 2.32 bits per heavy atom. The lowest BCUT2D eigenvalue weighted by Crippen LogP contribution is -2.14. The van der Waals surface area contributed by atoms with Gasteiger partial charge in [0.15, 0.2) is 0 Å². The number of hydrogen-bond donors (Lipinski definition) is 2. The summed E-state index contributed by atoms with van der Waals surface area (Å²) in [7, 11) is 0. The van der Waals surface area contributed by atoms with Crippen molar-refractivity contribution in [3.8, 4) is 5.69 Å². The molecule has 1 heterocycles. The predicted molar refractivity (Wildman–Crippen MR) is 73.5 cm³/mol. The lowest BCUT2D eigenvalue weighted by Gasteiger charge is -2.11. The molecule has 19 heavy (non-hydrogen) atoms. The first-order chi connectivity index (χ1) is 9.20. The SMILES string of the molecule is O=C(CCCO)Nc1cc(Cl)ccc1-n1cccn1. The first kappa shape index (κ1) is 13.6. The van der Waals surface area contributed by atoms with Crippen molar-refractivity contribution in [1.82, 2.24) is 9.78 Å². The second-order valence-corrected chi connectivity index (χ2v) is 4.42. The van der Waals surface area contributed by atoms with Crippen molar-refractivity contribution < 1.29 is 9.90 Å². The molecule has 2 N–H and O–H groups in total. The molecule has 0 atom stereocenters. The summed E-state index contributed by atoms with van der Waals surface area (Å²) in [6.07, 6.45) is 4.14. The van der Waals surface area contributed by atoms with Gasteiger partial charge in [0.1, 0.15) is 0 Å². The Labute approximate surface area is 115 Å². The summed E-state index contributed by atoms with van der Waals surface area (Å²) in [5, 5.41) is 16.2. The van der Waals surface area contributed by atoms with Gasteiger partial charge in [0.05, 0.1) is 11.4 Å². The van der Waals surface area contributed by atoms with E-state index < -0.39 is 0 Å². The summed E-state index contributed by atoms with van der Waals surface area (Å²) >= 11 is 5.95. The van der Waals surface area contributed by atoms with E-state index in [-0.39, 0.29) is 18.9 Å². The smallest absolute Gasteiger partial charge is 0.224 e. The van der Waals surface area contributed by atoms with Crippen LogP contribution in [0.25, 0.3) is 5.69 Å². The summed E-state index contributed by atoms with van der Waals surface area (Å²) in [6.45, 7) is -0.00498. The molecule has 0 saturated heterocycles. The third-order valence-electron chi connectivity index (χ3n) is 2.55. The van der Waals surface area contributed by atoms with Crippen LogP contribution in [0.2, 0.25) is 5.02 Å². The maximum atomic E-state index is 11.7. The molecular formula is C13H14ClN3O2. The highest BCUT2D eigenvalue weighted by Gasteiger charge is 2.09. The van der Waals surface area contributed by atoms with Crippen LogP contribution in [-0.2, 0) is 4.79 Å². The predicted octanol–water partition coefficient (Wildman–Crippen LogP) is 2.24. The molecule has 2 aromatic rings. The highest BCUT2D eigenvalue weighted by atomic mass is 35.5. The van der Waals surface area contributed by atoms with Crippen LogP contribution < -0.4 is 5.32 Å². The molecule has 0 bridgehead atoms. The molecule has 0 saturated carbocycles. The Balaban J connectivity index is 2.23. The number of aromatic nitrogens is 2. The van der Waals surface area contributed by atoms with Gasteiger partial charge < -0.3 is 10.4 Å². The zero-order valence-corrected chi connectivity index (χ0v) is 11.0. The van der Waals surface area contributed by atoms with Gasteiger partial charge in [-0.25, -0.2) is 4.68 Å². The summed E-state index contributed by atoms with van der Waals surface area (Å²) in [5.41, 5.74) is 1.34. The molecule has 0 spiro atoms. The molecule has 0 aliphatic heterocycles. The van der Waals surface area contributed by atoms with E-state index in [0.717, 1.165) is 5.69 Å². The van der Waals surface area contributed by atoms with Crippen molar-refractivity contribution in [2.45, 2.75) is 12.8 Å². The van der Waals surface area contributed by atoms with E-state index in [1.54, 1.807) is 41.3 Å². The first-order valence-corrected chi connectivity index (χ1v) is 6.29. The Morgan fingerprint density at radius 3 is 3.00 bits per heavy atom. The van der Waals surface area contributed by atoms with E-state index in [9.17, 15) is 4.79 Å². The number of carbonyl (C=O) groups excluding carboxylic acids is 1. The number of carbonyl (C=O) groups is 1. The van der Waals surface area contributed by atoms with E-state index in [1.165, 1.54) is 0 Å². The van der Waals surface area contributed by atoms with Crippen molar-refractivity contribution in [1.29, 1.82) is 0 Å². The number of aliphatic hydroxyl groups excluding tert-OH is 1. The van der Waals surface area contributed by atoms with Crippen molar-refractivity contribution in [3.05, 3.63) is 41.7 Å². The van der Waals surface area contributed by atoms with Gasteiger partial charge in [0.25, 0.3) is 0 Å². The molecule has 1 aromatic carbocycles. The van der Waals surface area contributed by atoms with Gasteiger partial charge in [-0.3, -0.25) is 4.79 Å². The van der Waals surface area contributed by atoms with Gasteiger partial charge in [-0.1, -0.05) is 11.6 Å². The number of hydrogen-bond acceptors (Lipinski definition) is 3. The maximum Gasteiger partial charge on any atom is 0.224 e. The summed E-state index contributed by atoms with van der Waals surface area (Å²) < 4.78 is 1.65. The topological polar surface area (TPSA) is 67.2 Å². The third kappa shape index (κ3) is 3.56. The minimum atomic E-state index is -0.162. The number of halogens is 1. The molecule has 0 unspecified atom stereocenters. The molecule has 0 fully saturated rings. The van der Waals surface area contributed by atoms with E-state index >= 15 is 0 Å². The fourth-order valence-corrected chi connectivity index (χ4v) is 1.84. The van der Waals surface area contributed by atoms with Crippen LogP contribution in [-0.4, -0.2) is 27.4 Å². The van der Waals surface area contributed by atoms with Gasteiger partial charge >= 0.3 is 0 Å². The van der Waals surface area contributed by atoms with Crippen LogP contribution in [0.1, 0.15) is 12.8 Å². The van der Waals surface area contributed by atoms with Gasteiger partial charge in [-0.15, -0.1) is 0 Å². The highest BCUT2D eigenvalue weighted by Crippen LogP contribution is 2.24. The van der Waals surface area contributed by atoms with E-state index in [4.69, 9.17) is 16.7 Å². The van der Waals surface area contributed by atoms with Crippen molar-refractivity contribution in [2.24, 2.45) is 0 Å². The van der Waals surface area contributed by atoms with Crippen LogP contribution in [0.3, 0.4) is 0 Å². The Hall–Kier alpha value is -1.85. The Kier molecular flexibility index (Phi) is 4.54. The van der Waals surface area contributed by atoms with Gasteiger partial charge in [0.2, 0.25) is 5.91 Å². The number of anilines is 1. The minimum Gasteiger partial charge on any atom is -0.396 e. The van der Waals surface area contributed by atoms with Crippen LogP contribution in [0.15, 0.2) is 36.7 Å². The average Bonchev–Trinajstić information content (AvgIpc) is 2.90. The summed E-state index contributed by atoms with van der Waals surface area (Å²) in [6, 6.07) is 7.00. The lowest BCUT2D eigenvalue weighted by molar-refractivity contribution is -0.116. The average molecular weight is 280 g/mol. The number of aliphatic hydroxyl groups is 1. The monoisotopic (exact) mass is 279 g/mol. The molecule has 2 rings (SSSR count). The normalized spacial score (nSPS) is 10.4. The fourth-order valence-electron chi connectivity index (χ4n) is 1.67. The number of nitrogens with one attached hydrogen (secondary N) is 1. The summed E-state index contributed by atoms with van der Waals surface area (Å²) in [5.74, 6) is -0.162. The van der Waals surface area contributed by atoms with Gasteiger partial charge in [0, 0.05) is 30.4 Å². The zero-order valence-electron chi connectivity index (χ0n) is 10.2. The van der Waals surface area contributed by atoms with Crippen molar-refractivity contribution in [2.75, 3.05) is 11.9 Å². The zero-order chi connectivity index (χ0) is 13.7.